The standard InChI is InChI=1S/C21H17FN4OS/c22-14-10-8-13(9-11-14)12-19(27)24-20-15-4-3-6-16(15)25-26(20)21-23-17-5-1-2-7-18(17)28-21/h1-2,5,7-11H,3-4,6,12H2,(H,24,27). The lowest BCUT2D eigenvalue weighted by Gasteiger charge is -2.09. The third kappa shape index (κ3) is 3.07. The SMILES string of the molecule is O=C(Cc1ccc(F)cc1)Nc1c2c(nn1-c1nc3ccccc3s1)CCC2. The van der Waals surface area contributed by atoms with E-state index in [0.717, 1.165) is 51.4 Å². The number of nitrogens with one attached hydrogen (secondary N) is 1. The van der Waals surface area contributed by atoms with Crippen LogP contribution in [0.25, 0.3) is 15.3 Å². The Morgan fingerprint density at radius 3 is 2.79 bits per heavy atom. The quantitative estimate of drug-likeness (QED) is 0.564. The molecule has 0 saturated carbocycles. The first-order valence-electron chi connectivity index (χ1n) is 9.18. The summed E-state index contributed by atoms with van der Waals surface area (Å²) in [7, 11) is 0. The predicted molar refractivity (Wildman–Crippen MR) is 108 cm³/mol. The number of carbonyl (C=O) groups excluding carboxylic acids is 1. The summed E-state index contributed by atoms with van der Waals surface area (Å²) in [5.74, 6) is 0.248. The van der Waals surface area contributed by atoms with Crippen molar-refractivity contribution in [1.29, 1.82) is 0 Å². The van der Waals surface area contributed by atoms with E-state index in [4.69, 9.17) is 5.10 Å². The Balaban J connectivity index is 1.48. The highest BCUT2D eigenvalue weighted by atomic mass is 32.1. The van der Waals surface area contributed by atoms with Gasteiger partial charge in [-0.05, 0) is 49.1 Å². The van der Waals surface area contributed by atoms with Gasteiger partial charge in [0.15, 0.2) is 0 Å². The van der Waals surface area contributed by atoms with Gasteiger partial charge in [0.05, 0.1) is 22.3 Å². The Morgan fingerprint density at radius 2 is 1.96 bits per heavy atom. The zero-order valence-electron chi connectivity index (χ0n) is 15.0. The molecule has 2 aromatic carbocycles. The van der Waals surface area contributed by atoms with Gasteiger partial charge >= 0.3 is 0 Å². The topological polar surface area (TPSA) is 59.8 Å². The normalized spacial score (nSPS) is 13.0. The van der Waals surface area contributed by atoms with Crippen molar-refractivity contribution >= 4 is 33.3 Å². The van der Waals surface area contributed by atoms with Crippen LogP contribution in [0, 0.1) is 5.82 Å². The number of para-hydroxylation sites is 1. The van der Waals surface area contributed by atoms with Crippen molar-refractivity contribution in [2.24, 2.45) is 0 Å². The average molecular weight is 392 g/mol. The van der Waals surface area contributed by atoms with Crippen LogP contribution in [0.2, 0.25) is 0 Å². The summed E-state index contributed by atoms with van der Waals surface area (Å²) >= 11 is 1.55. The lowest BCUT2D eigenvalue weighted by Crippen LogP contribution is -2.18. The van der Waals surface area contributed by atoms with Crippen LogP contribution in [-0.4, -0.2) is 20.7 Å². The molecule has 0 unspecified atom stereocenters. The third-order valence-electron chi connectivity index (χ3n) is 4.91. The van der Waals surface area contributed by atoms with E-state index in [9.17, 15) is 9.18 Å². The highest BCUT2D eigenvalue weighted by molar-refractivity contribution is 7.20. The number of aromatic nitrogens is 3. The van der Waals surface area contributed by atoms with Gasteiger partial charge in [-0.2, -0.15) is 9.78 Å². The minimum atomic E-state index is -0.309. The summed E-state index contributed by atoms with van der Waals surface area (Å²) in [6, 6.07) is 13.9. The van der Waals surface area contributed by atoms with E-state index in [1.807, 2.05) is 24.3 Å². The summed E-state index contributed by atoms with van der Waals surface area (Å²) in [6.07, 6.45) is 3.03. The van der Waals surface area contributed by atoms with E-state index in [1.54, 1.807) is 28.2 Å². The lowest BCUT2D eigenvalue weighted by atomic mass is 10.1. The van der Waals surface area contributed by atoms with E-state index in [0.29, 0.717) is 5.82 Å². The molecule has 1 N–H and O–H groups in total. The molecule has 0 bridgehead atoms. The van der Waals surface area contributed by atoms with Gasteiger partial charge in [-0.1, -0.05) is 35.6 Å². The molecule has 0 atom stereocenters. The van der Waals surface area contributed by atoms with E-state index in [2.05, 4.69) is 10.3 Å². The number of rotatable bonds is 4. The number of benzene rings is 2. The second-order valence-electron chi connectivity index (χ2n) is 6.85. The van der Waals surface area contributed by atoms with Crippen molar-refractivity contribution in [3.63, 3.8) is 0 Å². The largest absolute Gasteiger partial charge is 0.310 e. The number of aryl methyl sites for hydroxylation is 1. The summed E-state index contributed by atoms with van der Waals surface area (Å²) in [5, 5.41) is 8.50. The van der Waals surface area contributed by atoms with Crippen LogP contribution in [-0.2, 0) is 24.1 Å². The first-order chi connectivity index (χ1) is 13.7. The number of anilines is 1. The van der Waals surface area contributed by atoms with E-state index in [1.165, 1.54) is 12.1 Å². The van der Waals surface area contributed by atoms with E-state index < -0.39 is 0 Å². The Bertz CT molecular complexity index is 1150. The van der Waals surface area contributed by atoms with Gasteiger partial charge in [-0.15, -0.1) is 0 Å². The van der Waals surface area contributed by atoms with Gasteiger partial charge in [-0.25, -0.2) is 9.37 Å². The molecule has 28 heavy (non-hydrogen) atoms. The molecular weight excluding hydrogens is 375 g/mol. The summed E-state index contributed by atoms with van der Waals surface area (Å²) < 4.78 is 15.9. The van der Waals surface area contributed by atoms with Crippen LogP contribution >= 0.6 is 11.3 Å². The molecule has 7 heteroatoms. The second-order valence-corrected chi connectivity index (χ2v) is 7.86. The summed E-state index contributed by atoms with van der Waals surface area (Å²) in [5.41, 5.74) is 3.80. The Labute approximate surface area is 164 Å². The average Bonchev–Trinajstić information content (AvgIpc) is 3.38. The molecule has 4 aromatic rings. The number of carbonyl (C=O) groups is 1. The Hall–Kier alpha value is -3.06. The highest BCUT2D eigenvalue weighted by Gasteiger charge is 2.25. The monoisotopic (exact) mass is 392 g/mol. The summed E-state index contributed by atoms with van der Waals surface area (Å²) in [4.78, 5) is 17.3. The molecule has 0 aliphatic heterocycles. The summed E-state index contributed by atoms with van der Waals surface area (Å²) in [6.45, 7) is 0. The molecule has 140 valence electrons. The molecular formula is C21H17FN4OS. The first-order valence-corrected chi connectivity index (χ1v) is 10.00. The van der Waals surface area contributed by atoms with E-state index >= 15 is 0 Å². The van der Waals surface area contributed by atoms with Crippen LogP contribution in [0.1, 0.15) is 23.2 Å². The van der Waals surface area contributed by atoms with Gasteiger partial charge < -0.3 is 5.32 Å². The fraction of sp³-hybridized carbons (Fsp3) is 0.190. The number of hydrogen-bond donors (Lipinski definition) is 1. The zero-order chi connectivity index (χ0) is 19.1. The van der Waals surface area contributed by atoms with Crippen LogP contribution in [0.15, 0.2) is 48.5 Å². The van der Waals surface area contributed by atoms with Gasteiger partial charge in [0.1, 0.15) is 11.6 Å². The smallest absolute Gasteiger partial charge is 0.229 e. The van der Waals surface area contributed by atoms with Gasteiger partial charge in [-0.3, -0.25) is 4.79 Å². The highest BCUT2D eigenvalue weighted by Crippen LogP contribution is 2.33. The van der Waals surface area contributed by atoms with Crippen LogP contribution in [0.5, 0.6) is 0 Å². The van der Waals surface area contributed by atoms with Crippen molar-refractivity contribution < 1.29 is 9.18 Å². The Kier molecular flexibility index (Phi) is 4.16. The lowest BCUT2D eigenvalue weighted by molar-refractivity contribution is -0.115. The van der Waals surface area contributed by atoms with Crippen molar-refractivity contribution in [3.8, 4) is 5.13 Å². The fourth-order valence-corrected chi connectivity index (χ4v) is 4.50. The van der Waals surface area contributed by atoms with E-state index in [-0.39, 0.29) is 18.1 Å². The Morgan fingerprint density at radius 1 is 1.14 bits per heavy atom. The van der Waals surface area contributed by atoms with Crippen LogP contribution < -0.4 is 5.32 Å². The molecule has 1 aliphatic rings. The first kappa shape index (κ1) is 17.1. The molecule has 1 aliphatic carbocycles. The van der Waals surface area contributed by atoms with Crippen molar-refractivity contribution in [2.75, 3.05) is 5.32 Å². The maximum Gasteiger partial charge on any atom is 0.229 e. The molecule has 0 spiro atoms. The second kappa shape index (κ2) is 6.83. The number of thiazole rings is 1. The van der Waals surface area contributed by atoms with Crippen LogP contribution in [0.4, 0.5) is 10.2 Å². The third-order valence-corrected chi connectivity index (χ3v) is 5.92. The molecule has 1 amide bonds. The maximum absolute atomic E-state index is 13.1. The molecule has 2 aromatic heterocycles. The van der Waals surface area contributed by atoms with Gasteiger partial charge in [0.2, 0.25) is 11.0 Å². The molecule has 2 heterocycles. The minimum Gasteiger partial charge on any atom is -0.310 e. The number of amides is 1. The predicted octanol–water partition coefficient (Wildman–Crippen LogP) is 4.29. The van der Waals surface area contributed by atoms with Crippen molar-refractivity contribution in [3.05, 3.63) is 71.2 Å². The molecule has 5 rings (SSSR count). The molecule has 0 saturated heterocycles. The van der Waals surface area contributed by atoms with Gasteiger partial charge in [0, 0.05) is 5.56 Å². The number of nitrogens with zero attached hydrogens (tertiary/aromatic N) is 3. The zero-order valence-corrected chi connectivity index (χ0v) is 15.8. The molecule has 0 radical (unpaired) electrons. The maximum atomic E-state index is 13.1. The number of halogens is 1. The number of hydrogen-bond acceptors (Lipinski definition) is 4. The molecule has 0 fully saturated rings. The van der Waals surface area contributed by atoms with Crippen LogP contribution in [0.3, 0.4) is 0 Å². The molecule has 5 nitrogen and oxygen atoms in total. The van der Waals surface area contributed by atoms with Crippen molar-refractivity contribution in [2.45, 2.75) is 25.7 Å². The minimum absolute atomic E-state index is 0.149. The van der Waals surface area contributed by atoms with Gasteiger partial charge in [0.25, 0.3) is 0 Å². The van der Waals surface area contributed by atoms with Crippen molar-refractivity contribution in [1.82, 2.24) is 14.8 Å². The fourth-order valence-electron chi connectivity index (χ4n) is 3.57. The number of fused-ring (bicyclic) bond motifs is 2.